The number of aryl methyl sites for hydroxylation is 1. The fourth-order valence-electron chi connectivity index (χ4n) is 1.74. The molecule has 0 aliphatic heterocycles. The minimum atomic E-state index is -0.426. The van der Waals surface area contributed by atoms with Crippen LogP contribution < -0.4 is 5.73 Å². The van der Waals surface area contributed by atoms with Crippen molar-refractivity contribution in [2.45, 2.75) is 32.7 Å². The Labute approximate surface area is 85.8 Å². The van der Waals surface area contributed by atoms with E-state index in [1.54, 1.807) is 0 Å². The van der Waals surface area contributed by atoms with Gasteiger partial charge in [0, 0.05) is 12.1 Å². The zero-order valence-corrected chi connectivity index (χ0v) is 9.17. The highest BCUT2D eigenvalue weighted by Gasteiger charge is 2.22. The second-order valence-electron chi connectivity index (χ2n) is 4.14. The minimum Gasteiger partial charge on any atom is -0.396 e. The quantitative estimate of drug-likeness (QED) is 0.769. The van der Waals surface area contributed by atoms with Crippen LogP contribution >= 0.6 is 0 Å². The van der Waals surface area contributed by atoms with E-state index in [-0.39, 0.29) is 6.61 Å². The Bertz CT molecular complexity index is 318. The van der Waals surface area contributed by atoms with E-state index in [4.69, 9.17) is 10.8 Å². The van der Waals surface area contributed by atoms with Gasteiger partial charge in [0.1, 0.15) is 0 Å². The molecule has 0 saturated carbocycles. The monoisotopic (exact) mass is 193 g/mol. The summed E-state index contributed by atoms with van der Waals surface area (Å²) in [5.74, 6) is 0. The van der Waals surface area contributed by atoms with E-state index in [1.807, 2.05) is 19.1 Å². The van der Waals surface area contributed by atoms with Gasteiger partial charge in [0.05, 0.1) is 0 Å². The Balaban J connectivity index is 3.12. The van der Waals surface area contributed by atoms with E-state index < -0.39 is 5.54 Å². The van der Waals surface area contributed by atoms with E-state index in [0.29, 0.717) is 6.42 Å². The van der Waals surface area contributed by atoms with Crippen LogP contribution in [0.1, 0.15) is 30.0 Å². The van der Waals surface area contributed by atoms with Gasteiger partial charge in [0.15, 0.2) is 0 Å². The summed E-state index contributed by atoms with van der Waals surface area (Å²) < 4.78 is 0. The third-order valence-electron chi connectivity index (χ3n) is 2.85. The minimum absolute atomic E-state index is 0.125. The molecule has 0 unspecified atom stereocenters. The molecule has 0 fully saturated rings. The van der Waals surface area contributed by atoms with Crippen molar-refractivity contribution < 1.29 is 5.11 Å². The lowest BCUT2D eigenvalue weighted by Crippen LogP contribution is -2.35. The summed E-state index contributed by atoms with van der Waals surface area (Å²) in [5.41, 5.74) is 9.34. The van der Waals surface area contributed by atoms with Gasteiger partial charge < -0.3 is 10.8 Å². The number of aliphatic hydroxyl groups is 1. The van der Waals surface area contributed by atoms with Crippen LogP contribution in [0.3, 0.4) is 0 Å². The number of hydrogen-bond acceptors (Lipinski definition) is 2. The zero-order valence-electron chi connectivity index (χ0n) is 9.17. The summed E-state index contributed by atoms with van der Waals surface area (Å²) in [6.45, 7) is 6.24. The van der Waals surface area contributed by atoms with Crippen molar-refractivity contribution >= 4 is 0 Å². The normalized spacial score (nSPS) is 15.2. The molecule has 1 aromatic rings. The maximum Gasteiger partial charge on any atom is 0.0451 e. The van der Waals surface area contributed by atoms with Crippen molar-refractivity contribution in [2.24, 2.45) is 5.73 Å². The topological polar surface area (TPSA) is 46.2 Å². The van der Waals surface area contributed by atoms with Gasteiger partial charge >= 0.3 is 0 Å². The first-order chi connectivity index (χ1) is 6.49. The van der Waals surface area contributed by atoms with Crippen molar-refractivity contribution in [1.82, 2.24) is 0 Å². The molecule has 14 heavy (non-hydrogen) atoms. The molecular formula is C12H19NO. The van der Waals surface area contributed by atoms with Gasteiger partial charge in [-0.1, -0.05) is 18.2 Å². The Kier molecular flexibility index (Phi) is 3.29. The maximum atomic E-state index is 8.94. The molecule has 1 atom stereocenters. The summed E-state index contributed by atoms with van der Waals surface area (Å²) >= 11 is 0. The molecule has 0 heterocycles. The average Bonchev–Trinajstić information content (AvgIpc) is 2.09. The van der Waals surface area contributed by atoms with Crippen molar-refractivity contribution in [2.75, 3.05) is 6.61 Å². The number of rotatable bonds is 3. The number of aliphatic hydroxyl groups excluding tert-OH is 1. The summed E-state index contributed by atoms with van der Waals surface area (Å²) in [6.07, 6.45) is 0.595. The number of hydrogen-bond donors (Lipinski definition) is 2. The molecular weight excluding hydrogens is 174 g/mol. The molecule has 1 aromatic carbocycles. The smallest absolute Gasteiger partial charge is 0.0451 e. The summed E-state index contributed by atoms with van der Waals surface area (Å²) in [6, 6.07) is 6.13. The predicted molar refractivity (Wildman–Crippen MR) is 59.2 cm³/mol. The Morgan fingerprint density at radius 1 is 1.36 bits per heavy atom. The van der Waals surface area contributed by atoms with Gasteiger partial charge in [0.25, 0.3) is 0 Å². The van der Waals surface area contributed by atoms with Crippen molar-refractivity contribution in [1.29, 1.82) is 0 Å². The Hall–Kier alpha value is -0.860. The molecule has 2 nitrogen and oxygen atoms in total. The van der Waals surface area contributed by atoms with Crippen LogP contribution in [0, 0.1) is 13.8 Å². The molecule has 0 saturated heterocycles. The van der Waals surface area contributed by atoms with Crippen LogP contribution in [0.25, 0.3) is 0 Å². The Morgan fingerprint density at radius 3 is 2.57 bits per heavy atom. The summed E-state index contributed by atoms with van der Waals surface area (Å²) in [5, 5.41) is 8.94. The lowest BCUT2D eigenvalue weighted by atomic mass is 9.85. The molecule has 0 bridgehead atoms. The van der Waals surface area contributed by atoms with Crippen molar-refractivity contribution in [3.63, 3.8) is 0 Å². The molecule has 0 spiro atoms. The standard InChI is InChI=1S/C12H19NO/c1-9-5-4-6-11(10(9)2)12(3,13)7-8-14/h4-6,14H,7-8,13H2,1-3H3/t12-/m1/s1. The van der Waals surface area contributed by atoms with Crippen LogP contribution in [0.15, 0.2) is 18.2 Å². The molecule has 2 heteroatoms. The lowest BCUT2D eigenvalue weighted by Gasteiger charge is -2.27. The Morgan fingerprint density at radius 2 is 2.00 bits per heavy atom. The van der Waals surface area contributed by atoms with Crippen LogP contribution in [0.4, 0.5) is 0 Å². The van der Waals surface area contributed by atoms with Gasteiger partial charge in [-0.15, -0.1) is 0 Å². The molecule has 0 aromatic heterocycles. The van der Waals surface area contributed by atoms with Crippen LogP contribution in [-0.2, 0) is 5.54 Å². The van der Waals surface area contributed by atoms with Gasteiger partial charge in [0.2, 0.25) is 0 Å². The molecule has 3 N–H and O–H groups in total. The number of benzene rings is 1. The largest absolute Gasteiger partial charge is 0.396 e. The van der Waals surface area contributed by atoms with Gasteiger partial charge in [-0.05, 0) is 43.9 Å². The van der Waals surface area contributed by atoms with Crippen LogP contribution in [0.2, 0.25) is 0 Å². The van der Waals surface area contributed by atoms with E-state index in [0.717, 1.165) is 5.56 Å². The molecule has 0 amide bonds. The van der Waals surface area contributed by atoms with Gasteiger partial charge in [-0.3, -0.25) is 0 Å². The average molecular weight is 193 g/mol. The van der Waals surface area contributed by atoms with E-state index in [2.05, 4.69) is 19.9 Å². The summed E-state index contributed by atoms with van der Waals surface area (Å²) in [4.78, 5) is 0. The van der Waals surface area contributed by atoms with E-state index in [9.17, 15) is 0 Å². The first-order valence-electron chi connectivity index (χ1n) is 4.95. The van der Waals surface area contributed by atoms with E-state index >= 15 is 0 Å². The first kappa shape index (κ1) is 11.2. The SMILES string of the molecule is Cc1cccc([C@](C)(N)CCO)c1C. The highest BCUT2D eigenvalue weighted by atomic mass is 16.3. The molecule has 0 radical (unpaired) electrons. The third kappa shape index (κ3) is 2.14. The molecule has 1 rings (SSSR count). The second kappa shape index (κ2) is 4.11. The van der Waals surface area contributed by atoms with Gasteiger partial charge in [-0.2, -0.15) is 0 Å². The maximum absolute atomic E-state index is 8.94. The molecule has 0 aliphatic rings. The number of nitrogens with two attached hydrogens (primary N) is 1. The lowest BCUT2D eigenvalue weighted by molar-refractivity contribution is 0.247. The molecule has 78 valence electrons. The molecule has 0 aliphatic carbocycles. The highest BCUT2D eigenvalue weighted by molar-refractivity contribution is 5.37. The summed E-state index contributed by atoms with van der Waals surface area (Å²) in [7, 11) is 0. The van der Waals surface area contributed by atoms with Crippen molar-refractivity contribution in [3.05, 3.63) is 34.9 Å². The third-order valence-corrected chi connectivity index (χ3v) is 2.85. The van der Waals surface area contributed by atoms with Crippen LogP contribution in [-0.4, -0.2) is 11.7 Å². The predicted octanol–water partition coefficient (Wildman–Crippen LogP) is 1.86. The fourth-order valence-corrected chi connectivity index (χ4v) is 1.74. The fraction of sp³-hybridized carbons (Fsp3) is 0.500. The van der Waals surface area contributed by atoms with Gasteiger partial charge in [-0.25, -0.2) is 0 Å². The van der Waals surface area contributed by atoms with Crippen molar-refractivity contribution in [3.8, 4) is 0 Å². The zero-order chi connectivity index (χ0) is 10.8. The first-order valence-corrected chi connectivity index (χ1v) is 4.95. The highest BCUT2D eigenvalue weighted by Crippen LogP contribution is 2.26. The van der Waals surface area contributed by atoms with E-state index in [1.165, 1.54) is 11.1 Å². The van der Waals surface area contributed by atoms with Crippen LogP contribution in [0.5, 0.6) is 0 Å². The second-order valence-corrected chi connectivity index (χ2v) is 4.14.